The lowest BCUT2D eigenvalue weighted by Crippen LogP contribution is -2.23. The van der Waals surface area contributed by atoms with Gasteiger partial charge >= 0.3 is 0 Å². The molecule has 1 aromatic carbocycles. The lowest BCUT2D eigenvalue weighted by molar-refractivity contribution is 0.557. The predicted molar refractivity (Wildman–Crippen MR) is 83.6 cm³/mol. The van der Waals surface area contributed by atoms with Gasteiger partial charge in [0.2, 0.25) is 0 Å². The summed E-state index contributed by atoms with van der Waals surface area (Å²) in [5, 5.41) is 6.86. The van der Waals surface area contributed by atoms with E-state index in [-0.39, 0.29) is 0 Å². The number of aromatic nitrogens is 1. The van der Waals surface area contributed by atoms with Crippen molar-refractivity contribution < 1.29 is 0 Å². The van der Waals surface area contributed by atoms with E-state index in [1.165, 1.54) is 23.4 Å². The number of aryl methyl sites for hydroxylation is 1. The number of benzene rings is 1. The molecule has 1 aromatic heterocycles. The van der Waals surface area contributed by atoms with Crippen LogP contribution in [0.4, 0.5) is 0 Å². The first kappa shape index (κ1) is 14.2. The van der Waals surface area contributed by atoms with Crippen molar-refractivity contribution in [3.63, 3.8) is 0 Å². The third-order valence-corrected chi connectivity index (χ3v) is 3.90. The number of thiazole rings is 1. The highest BCUT2D eigenvalue weighted by Gasteiger charge is 2.03. The topological polar surface area (TPSA) is 24.9 Å². The van der Waals surface area contributed by atoms with Crippen LogP contribution in [-0.4, -0.2) is 17.6 Å². The summed E-state index contributed by atoms with van der Waals surface area (Å²) in [5.74, 6) is 0. The van der Waals surface area contributed by atoms with Crippen LogP contribution in [0.5, 0.6) is 0 Å². The minimum atomic E-state index is 0.588. The summed E-state index contributed by atoms with van der Waals surface area (Å²) >= 11 is 1.78. The first-order valence-corrected chi connectivity index (χ1v) is 7.87. The number of hydrogen-bond acceptors (Lipinski definition) is 3. The zero-order valence-electron chi connectivity index (χ0n) is 11.7. The van der Waals surface area contributed by atoms with Crippen LogP contribution in [0.25, 0.3) is 11.3 Å². The molecule has 0 unspecified atom stereocenters. The zero-order chi connectivity index (χ0) is 13.5. The first-order chi connectivity index (χ1) is 9.25. The second-order valence-electron chi connectivity index (χ2n) is 5.06. The maximum Gasteiger partial charge on any atom is 0.0932 e. The van der Waals surface area contributed by atoms with Crippen LogP contribution in [0.3, 0.4) is 0 Å². The van der Waals surface area contributed by atoms with Gasteiger partial charge in [-0.05, 0) is 25.8 Å². The van der Waals surface area contributed by atoms with Gasteiger partial charge in [-0.25, -0.2) is 4.98 Å². The second-order valence-corrected chi connectivity index (χ2v) is 6.00. The predicted octanol–water partition coefficient (Wildman–Crippen LogP) is 4.13. The van der Waals surface area contributed by atoms with Gasteiger partial charge in [0.05, 0.1) is 10.7 Å². The van der Waals surface area contributed by atoms with Crippen molar-refractivity contribution in [2.24, 2.45) is 0 Å². The zero-order valence-corrected chi connectivity index (χ0v) is 12.5. The minimum Gasteiger partial charge on any atom is -0.315 e. The van der Waals surface area contributed by atoms with Gasteiger partial charge in [-0.3, -0.25) is 0 Å². The van der Waals surface area contributed by atoms with E-state index >= 15 is 0 Å². The summed E-state index contributed by atoms with van der Waals surface area (Å²) in [7, 11) is 0. The number of nitrogens with zero attached hydrogens (tertiary/aromatic N) is 1. The molecule has 0 saturated heterocycles. The van der Waals surface area contributed by atoms with E-state index in [2.05, 4.69) is 48.8 Å². The fourth-order valence-electron chi connectivity index (χ4n) is 1.96. The molecule has 0 atom stereocenters. The Hall–Kier alpha value is -1.19. The Morgan fingerprint density at radius 1 is 1.16 bits per heavy atom. The standard InChI is InChI=1S/C16H22N2S/c1-13(2)17-11-7-6-10-16-18-15(12-19-16)14-8-4-3-5-9-14/h3-5,8-9,12-13,17H,6-7,10-11H2,1-2H3. The molecule has 0 saturated carbocycles. The summed E-state index contributed by atoms with van der Waals surface area (Å²) in [4.78, 5) is 4.71. The molecule has 1 N–H and O–H groups in total. The Morgan fingerprint density at radius 3 is 2.68 bits per heavy atom. The lowest BCUT2D eigenvalue weighted by atomic mass is 10.2. The van der Waals surface area contributed by atoms with Crippen LogP contribution in [0.2, 0.25) is 0 Å². The molecule has 0 fully saturated rings. The van der Waals surface area contributed by atoms with Gasteiger partial charge < -0.3 is 5.32 Å². The van der Waals surface area contributed by atoms with Gasteiger partial charge in [0.25, 0.3) is 0 Å². The fraction of sp³-hybridized carbons (Fsp3) is 0.438. The molecule has 0 radical (unpaired) electrons. The van der Waals surface area contributed by atoms with Gasteiger partial charge in [-0.1, -0.05) is 44.2 Å². The Balaban J connectivity index is 1.78. The van der Waals surface area contributed by atoms with Crippen molar-refractivity contribution in [1.82, 2.24) is 10.3 Å². The average Bonchev–Trinajstić information content (AvgIpc) is 2.88. The molecule has 102 valence electrons. The summed E-state index contributed by atoms with van der Waals surface area (Å²) < 4.78 is 0. The van der Waals surface area contributed by atoms with Crippen LogP contribution < -0.4 is 5.32 Å². The number of hydrogen-bond donors (Lipinski definition) is 1. The molecule has 0 bridgehead atoms. The third kappa shape index (κ3) is 4.77. The highest BCUT2D eigenvalue weighted by Crippen LogP contribution is 2.22. The molecular formula is C16H22N2S. The summed E-state index contributed by atoms with van der Waals surface area (Å²) in [5.41, 5.74) is 2.33. The van der Waals surface area contributed by atoms with E-state index < -0.39 is 0 Å². The molecule has 0 amide bonds. The maximum absolute atomic E-state index is 4.71. The Bertz CT molecular complexity index is 477. The molecule has 3 heteroatoms. The molecule has 2 nitrogen and oxygen atoms in total. The molecular weight excluding hydrogens is 252 g/mol. The molecule has 19 heavy (non-hydrogen) atoms. The minimum absolute atomic E-state index is 0.588. The van der Waals surface area contributed by atoms with Gasteiger partial charge in [-0.2, -0.15) is 0 Å². The Kier molecular flexibility index (Phi) is 5.55. The van der Waals surface area contributed by atoms with E-state index in [0.29, 0.717) is 6.04 Å². The maximum atomic E-state index is 4.71. The van der Waals surface area contributed by atoms with Crippen LogP contribution in [0.15, 0.2) is 35.7 Å². The number of rotatable bonds is 7. The van der Waals surface area contributed by atoms with Gasteiger partial charge in [0, 0.05) is 17.0 Å². The van der Waals surface area contributed by atoms with Gasteiger partial charge in [0.15, 0.2) is 0 Å². The van der Waals surface area contributed by atoms with Crippen molar-refractivity contribution >= 4 is 11.3 Å². The van der Waals surface area contributed by atoms with E-state index in [4.69, 9.17) is 4.98 Å². The molecule has 0 spiro atoms. The molecule has 2 aromatic rings. The van der Waals surface area contributed by atoms with Crippen molar-refractivity contribution in [1.29, 1.82) is 0 Å². The highest BCUT2D eigenvalue weighted by atomic mass is 32.1. The highest BCUT2D eigenvalue weighted by molar-refractivity contribution is 7.09. The van der Waals surface area contributed by atoms with Crippen LogP contribution >= 0.6 is 11.3 Å². The van der Waals surface area contributed by atoms with Crippen LogP contribution in [0, 0.1) is 0 Å². The fourth-order valence-corrected chi connectivity index (χ4v) is 2.81. The normalized spacial score (nSPS) is 11.1. The van der Waals surface area contributed by atoms with Crippen molar-refractivity contribution in [3.05, 3.63) is 40.7 Å². The molecule has 0 aliphatic heterocycles. The Morgan fingerprint density at radius 2 is 1.95 bits per heavy atom. The Labute approximate surface area is 119 Å². The number of nitrogens with one attached hydrogen (secondary N) is 1. The van der Waals surface area contributed by atoms with E-state index in [1.54, 1.807) is 11.3 Å². The third-order valence-electron chi connectivity index (χ3n) is 2.99. The molecule has 0 aliphatic carbocycles. The van der Waals surface area contributed by atoms with Gasteiger partial charge in [0.1, 0.15) is 0 Å². The smallest absolute Gasteiger partial charge is 0.0932 e. The second kappa shape index (κ2) is 7.41. The van der Waals surface area contributed by atoms with E-state index in [1.807, 2.05) is 6.07 Å². The first-order valence-electron chi connectivity index (χ1n) is 6.99. The van der Waals surface area contributed by atoms with E-state index in [0.717, 1.165) is 18.7 Å². The monoisotopic (exact) mass is 274 g/mol. The quantitative estimate of drug-likeness (QED) is 0.768. The largest absolute Gasteiger partial charge is 0.315 e. The number of unbranched alkanes of at least 4 members (excludes halogenated alkanes) is 1. The summed E-state index contributed by atoms with van der Waals surface area (Å²) in [6, 6.07) is 11.0. The molecule has 2 rings (SSSR count). The molecule has 0 aliphatic rings. The van der Waals surface area contributed by atoms with Crippen LogP contribution in [0.1, 0.15) is 31.7 Å². The summed E-state index contributed by atoms with van der Waals surface area (Å²) in [6.07, 6.45) is 3.52. The van der Waals surface area contributed by atoms with Gasteiger partial charge in [-0.15, -0.1) is 11.3 Å². The SMILES string of the molecule is CC(C)NCCCCc1nc(-c2ccccc2)cs1. The lowest BCUT2D eigenvalue weighted by Gasteiger charge is -2.06. The van der Waals surface area contributed by atoms with Crippen molar-refractivity contribution in [2.45, 2.75) is 39.2 Å². The van der Waals surface area contributed by atoms with Crippen molar-refractivity contribution in [2.75, 3.05) is 6.54 Å². The van der Waals surface area contributed by atoms with Crippen LogP contribution in [-0.2, 0) is 6.42 Å². The van der Waals surface area contributed by atoms with Crippen molar-refractivity contribution in [3.8, 4) is 11.3 Å². The van der Waals surface area contributed by atoms with E-state index in [9.17, 15) is 0 Å². The molecule has 1 heterocycles. The summed E-state index contributed by atoms with van der Waals surface area (Å²) in [6.45, 7) is 5.48. The average molecular weight is 274 g/mol.